The number of aromatic nitrogens is 6. The number of rotatable bonds is 3. The number of H-pyrrole nitrogens is 1. The van der Waals surface area contributed by atoms with Crippen molar-refractivity contribution in [2.75, 3.05) is 18.0 Å². The Bertz CT molecular complexity index is 596. The Labute approximate surface area is 125 Å². The first kappa shape index (κ1) is 13.6. The van der Waals surface area contributed by atoms with E-state index in [1.807, 2.05) is 6.92 Å². The lowest BCUT2D eigenvalue weighted by atomic mass is 10.1. The highest BCUT2D eigenvalue weighted by atomic mass is 35.5. The third kappa shape index (κ3) is 3.18. The second kappa shape index (κ2) is 5.92. The molecular formula is C11H14ClN7S. The van der Waals surface area contributed by atoms with Gasteiger partial charge in [0.05, 0.1) is 0 Å². The molecule has 3 heterocycles. The van der Waals surface area contributed by atoms with Crippen LogP contribution in [0.5, 0.6) is 0 Å². The van der Waals surface area contributed by atoms with Gasteiger partial charge < -0.3 is 4.90 Å². The summed E-state index contributed by atoms with van der Waals surface area (Å²) >= 11 is 7.26. The number of aryl methyl sites for hydroxylation is 1. The number of nitrogens with one attached hydrogen (secondary N) is 1. The second-order valence-electron chi connectivity index (χ2n) is 4.54. The van der Waals surface area contributed by atoms with Gasteiger partial charge in [-0.25, -0.2) is 4.98 Å². The van der Waals surface area contributed by atoms with Crippen molar-refractivity contribution in [1.82, 2.24) is 30.1 Å². The quantitative estimate of drug-likeness (QED) is 0.929. The molecule has 7 nitrogen and oxygen atoms in total. The Hall–Kier alpha value is -1.41. The Kier molecular flexibility index (Phi) is 4.02. The molecule has 20 heavy (non-hydrogen) atoms. The molecule has 1 aliphatic rings. The minimum absolute atomic E-state index is 0.204. The van der Waals surface area contributed by atoms with Crippen LogP contribution in [0.2, 0.25) is 5.28 Å². The average molecular weight is 312 g/mol. The van der Waals surface area contributed by atoms with E-state index in [2.05, 4.69) is 35.0 Å². The van der Waals surface area contributed by atoms with Gasteiger partial charge in [-0.3, -0.25) is 5.10 Å². The minimum Gasteiger partial charge on any atom is -0.341 e. The van der Waals surface area contributed by atoms with Crippen LogP contribution in [-0.2, 0) is 0 Å². The van der Waals surface area contributed by atoms with E-state index in [-0.39, 0.29) is 5.28 Å². The molecular weight excluding hydrogens is 298 g/mol. The highest BCUT2D eigenvalue weighted by Crippen LogP contribution is 2.24. The highest BCUT2D eigenvalue weighted by molar-refractivity contribution is 7.99. The number of nitrogens with zero attached hydrogens (tertiary/aromatic N) is 6. The van der Waals surface area contributed by atoms with Crippen LogP contribution in [0.1, 0.15) is 25.1 Å². The average Bonchev–Trinajstić information content (AvgIpc) is 2.84. The first-order chi connectivity index (χ1) is 9.70. The number of hydrogen-bond acceptors (Lipinski definition) is 7. The lowest BCUT2D eigenvalue weighted by Crippen LogP contribution is -2.31. The lowest BCUT2D eigenvalue weighted by molar-refractivity contribution is 0.564. The normalized spacial score (nSPS) is 15.6. The topological polar surface area (TPSA) is 83.5 Å². The van der Waals surface area contributed by atoms with Crippen molar-refractivity contribution in [2.24, 2.45) is 0 Å². The number of aromatic amines is 1. The summed E-state index contributed by atoms with van der Waals surface area (Å²) in [7, 11) is 0. The van der Waals surface area contributed by atoms with Crippen LogP contribution >= 0.6 is 23.4 Å². The monoisotopic (exact) mass is 311 g/mol. The summed E-state index contributed by atoms with van der Waals surface area (Å²) in [6.07, 6.45) is 3.57. The predicted octanol–water partition coefficient (Wildman–Crippen LogP) is 2.09. The van der Waals surface area contributed by atoms with Gasteiger partial charge in [-0.2, -0.15) is 15.0 Å². The van der Waals surface area contributed by atoms with Crippen LogP contribution < -0.4 is 4.90 Å². The Morgan fingerprint density at radius 3 is 2.55 bits per heavy atom. The Morgan fingerprint density at radius 1 is 1.05 bits per heavy atom. The summed E-state index contributed by atoms with van der Waals surface area (Å²) in [6, 6.07) is 0. The maximum atomic E-state index is 5.99. The molecule has 0 radical (unpaired) electrons. The maximum Gasteiger partial charge on any atom is 0.230 e. The van der Waals surface area contributed by atoms with Crippen molar-refractivity contribution in [2.45, 2.75) is 36.5 Å². The summed E-state index contributed by atoms with van der Waals surface area (Å²) in [5, 5.41) is 8.14. The van der Waals surface area contributed by atoms with E-state index < -0.39 is 0 Å². The third-order valence-corrected chi connectivity index (χ3v) is 3.87. The van der Waals surface area contributed by atoms with E-state index >= 15 is 0 Å². The van der Waals surface area contributed by atoms with Crippen LogP contribution in [-0.4, -0.2) is 43.2 Å². The minimum atomic E-state index is 0.204. The molecule has 0 aliphatic carbocycles. The summed E-state index contributed by atoms with van der Waals surface area (Å²) in [5.74, 6) is 1.39. The zero-order valence-corrected chi connectivity index (χ0v) is 12.6. The zero-order chi connectivity index (χ0) is 13.9. The van der Waals surface area contributed by atoms with Crippen molar-refractivity contribution in [3.8, 4) is 0 Å². The van der Waals surface area contributed by atoms with Gasteiger partial charge in [-0.1, -0.05) is 0 Å². The molecule has 2 aromatic rings. The Morgan fingerprint density at radius 2 is 1.85 bits per heavy atom. The predicted molar refractivity (Wildman–Crippen MR) is 76.1 cm³/mol. The molecule has 0 atom stereocenters. The molecule has 1 N–H and O–H groups in total. The molecule has 0 saturated carbocycles. The molecule has 0 bridgehead atoms. The van der Waals surface area contributed by atoms with Gasteiger partial charge in [0.15, 0.2) is 0 Å². The smallest absolute Gasteiger partial charge is 0.230 e. The summed E-state index contributed by atoms with van der Waals surface area (Å²) < 4.78 is 0. The molecule has 9 heteroatoms. The summed E-state index contributed by atoms with van der Waals surface area (Å²) in [6.45, 7) is 3.77. The van der Waals surface area contributed by atoms with E-state index in [1.54, 1.807) is 0 Å². The molecule has 1 fully saturated rings. The largest absolute Gasteiger partial charge is 0.341 e. The maximum absolute atomic E-state index is 5.99. The van der Waals surface area contributed by atoms with Crippen LogP contribution in [0.3, 0.4) is 0 Å². The number of halogens is 1. The van der Waals surface area contributed by atoms with Crippen LogP contribution in [0.15, 0.2) is 10.3 Å². The van der Waals surface area contributed by atoms with Gasteiger partial charge in [0.1, 0.15) is 5.82 Å². The van der Waals surface area contributed by atoms with Crippen LogP contribution in [0, 0.1) is 6.92 Å². The second-order valence-corrected chi connectivity index (χ2v) is 5.81. The standard InChI is InChI=1S/C11H14ClN7S/c1-7-13-11(18-17-7)20-10-15-8(12)14-9(16-10)19-5-3-2-4-6-19/h2-6H2,1H3,(H,13,17,18). The van der Waals surface area contributed by atoms with Crippen LogP contribution in [0.25, 0.3) is 0 Å². The molecule has 1 aliphatic heterocycles. The van der Waals surface area contributed by atoms with E-state index in [1.165, 1.54) is 18.2 Å². The van der Waals surface area contributed by atoms with Gasteiger partial charge in [-0.15, -0.1) is 5.10 Å². The fourth-order valence-electron chi connectivity index (χ4n) is 2.05. The SMILES string of the molecule is Cc1nc(Sc2nc(Cl)nc(N3CCCCC3)n2)n[nH]1. The number of hydrogen-bond donors (Lipinski definition) is 1. The first-order valence-electron chi connectivity index (χ1n) is 6.44. The van der Waals surface area contributed by atoms with Gasteiger partial charge in [0.2, 0.25) is 21.5 Å². The third-order valence-electron chi connectivity index (χ3n) is 2.97. The Balaban J connectivity index is 1.82. The van der Waals surface area contributed by atoms with Crippen molar-refractivity contribution in [3.63, 3.8) is 0 Å². The summed E-state index contributed by atoms with van der Waals surface area (Å²) in [5.41, 5.74) is 0. The van der Waals surface area contributed by atoms with E-state index in [4.69, 9.17) is 11.6 Å². The molecule has 106 valence electrons. The summed E-state index contributed by atoms with van der Waals surface area (Å²) in [4.78, 5) is 19.1. The van der Waals surface area contributed by atoms with Gasteiger partial charge in [0.25, 0.3) is 0 Å². The number of piperidine rings is 1. The molecule has 0 amide bonds. The molecule has 0 spiro atoms. The molecule has 0 unspecified atom stereocenters. The fourth-order valence-corrected chi connectivity index (χ4v) is 2.95. The first-order valence-corrected chi connectivity index (χ1v) is 7.63. The van der Waals surface area contributed by atoms with Crippen LogP contribution in [0.4, 0.5) is 5.95 Å². The van der Waals surface area contributed by atoms with Crippen molar-refractivity contribution >= 4 is 29.3 Å². The lowest BCUT2D eigenvalue weighted by Gasteiger charge is -2.26. The van der Waals surface area contributed by atoms with E-state index in [0.717, 1.165) is 31.8 Å². The van der Waals surface area contributed by atoms with Crippen molar-refractivity contribution < 1.29 is 0 Å². The van der Waals surface area contributed by atoms with Gasteiger partial charge in [-0.05, 0) is 49.5 Å². The van der Waals surface area contributed by atoms with E-state index in [9.17, 15) is 0 Å². The fraction of sp³-hybridized carbons (Fsp3) is 0.545. The van der Waals surface area contributed by atoms with Crippen molar-refractivity contribution in [3.05, 3.63) is 11.1 Å². The van der Waals surface area contributed by atoms with Crippen molar-refractivity contribution in [1.29, 1.82) is 0 Å². The zero-order valence-electron chi connectivity index (χ0n) is 11.0. The molecule has 2 aromatic heterocycles. The van der Waals surface area contributed by atoms with Gasteiger partial charge in [0, 0.05) is 13.1 Å². The molecule has 3 rings (SSSR count). The number of anilines is 1. The molecule has 0 aromatic carbocycles. The highest BCUT2D eigenvalue weighted by Gasteiger charge is 2.16. The van der Waals surface area contributed by atoms with Gasteiger partial charge >= 0.3 is 0 Å². The van der Waals surface area contributed by atoms with E-state index in [0.29, 0.717) is 16.3 Å². The molecule has 1 saturated heterocycles.